The van der Waals surface area contributed by atoms with Crippen molar-refractivity contribution < 1.29 is 18.3 Å². The molecule has 0 bridgehead atoms. The molecule has 0 aliphatic carbocycles. The van der Waals surface area contributed by atoms with Crippen molar-refractivity contribution >= 4 is 15.9 Å². The van der Waals surface area contributed by atoms with Crippen LogP contribution in [0.5, 0.6) is 11.5 Å². The summed E-state index contributed by atoms with van der Waals surface area (Å²) < 4.78 is 37.4. The number of hydrogen-bond acceptors (Lipinski definition) is 3. The molecule has 0 amide bonds. The number of nitrogens with two attached hydrogens (primary N) is 1. The third-order valence-corrected chi connectivity index (χ3v) is 3.75. The summed E-state index contributed by atoms with van der Waals surface area (Å²) in [6.45, 7) is 0. The van der Waals surface area contributed by atoms with E-state index in [1.54, 1.807) is 12.1 Å². The topological polar surface area (TPSA) is 44.5 Å². The molecule has 0 aliphatic rings. The van der Waals surface area contributed by atoms with Crippen molar-refractivity contribution in [2.24, 2.45) is 5.73 Å². The van der Waals surface area contributed by atoms with E-state index in [1.165, 1.54) is 32.4 Å². The molecule has 2 N–H and O–H groups in total. The Morgan fingerprint density at radius 2 is 1.67 bits per heavy atom. The number of rotatable bonds is 4. The fraction of sp³-hybridized carbons (Fsp3) is 0.200. The fourth-order valence-electron chi connectivity index (χ4n) is 2.01. The van der Waals surface area contributed by atoms with Crippen LogP contribution in [0, 0.1) is 11.6 Å². The molecule has 3 nitrogen and oxygen atoms in total. The molecule has 0 saturated heterocycles. The second-order valence-electron chi connectivity index (χ2n) is 4.38. The lowest BCUT2D eigenvalue weighted by atomic mass is 9.98. The highest BCUT2D eigenvalue weighted by atomic mass is 79.9. The van der Waals surface area contributed by atoms with Gasteiger partial charge in [0, 0.05) is 11.6 Å². The largest absolute Gasteiger partial charge is 0.496 e. The van der Waals surface area contributed by atoms with Gasteiger partial charge < -0.3 is 15.2 Å². The van der Waals surface area contributed by atoms with Gasteiger partial charge in [0.25, 0.3) is 0 Å². The van der Waals surface area contributed by atoms with Crippen LogP contribution in [0.4, 0.5) is 8.78 Å². The number of halogens is 3. The van der Waals surface area contributed by atoms with Crippen molar-refractivity contribution in [3.8, 4) is 11.5 Å². The zero-order valence-corrected chi connectivity index (χ0v) is 13.1. The first-order chi connectivity index (χ1) is 9.97. The average Bonchev–Trinajstić information content (AvgIpc) is 2.49. The van der Waals surface area contributed by atoms with Crippen LogP contribution in [0.1, 0.15) is 17.2 Å². The van der Waals surface area contributed by atoms with E-state index in [9.17, 15) is 8.78 Å². The highest BCUT2D eigenvalue weighted by Gasteiger charge is 2.18. The maximum atomic E-state index is 13.5. The van der Waals surface area contributed by atoms with E-state index in [4.69, 9.17) is 15.2 Å². The molecule has 2 aromatic rings. The Labute approximate surface area is 129 Å². The van der Waals surface area contributed by atoms with Crippen LogP contribution in [-0.2, 0) is 0 Å². The highest BCUT2D eigenvalue weighted by Crippen LogP contribution is 2.34. The summed E-state index contributed by atoms with van der Waals surface area (Å²) in [5.74, 6) is -0.491. The lowest BCUT2D eigenvalue weighted by Crippen LogP contribution is -2.14. The SMILES string of the molecule is COc1cc(C(N)c2cc(Br)c(F)cc2OC)ccc1F. The normalized spacial score (nSPS) is 12.1. The summed E-state index contributed by atoms with van der Waals surface area (Å²) in [5, 5.41) is 0. The molecule has 2 rings (SSSR count). The van der Waals surface area contributed by atoms with Crippen LogP contribution in [0.15, 0.2) is 34.8 Å². The van der Waals surface area contributed by atoms with Gasteiger partial charge in [-0.1, -0.05) is 6.07 Å². The third kappa shape index (κ3) is 3.16. The lowest BCUT2D eigenvalue weighted by molar-refractivity contribution is 0.385. The molecule has 0 aromatic heterocycles. The maximum Gasteiger partial charge on any atom is 0.165 e. The summed E-state index contributed by atoms with van der Waals surface area (Å²) in [7, 11) is 2.81. The van der Waals surface area contributed by atoms with Crippen LogP contribution >= 0.6 is 15.9 Å². The molecular weight excluding hydrogens is 344 g/mol. The molecule has 1 unspecified atom stereocenters. The van der Waals surface area contributed by atoms with Gasteiger partial charge in [-0.3, -0.25) is 0 Å². The predicted octanol–water partition coefficient (Wildman–Crippen LogP) is 3.79. The van der Waals surface area contributed by atoms with Crippen LogP contribution < -0.4 is 15.2 Å². The molecule has 0 radical (unpaired) electrons. The van der Waals surface area contributed by atoms with Crippen molar-refractivity contribution in [2.75, 3.05) is 14.2 Å². The molecule has 0 spiro atoms. The fourth-order valence-corrected chi connectivity index (χ4v) is 2.37. The van der Waals surface area contributed by atoms with Gasteiger partial charge in [0.2, 0.25) is 0 Å². The molecular formula is C15H14BrF2NO2. The van der Waals surface area contributed by atoms with Gasteiger partial charge >= 0.3 is 0 Å². The zero-order chi connectivity index (χ0) is 15.6. The van der Waals surface area contributed by atoms with Gasteiger partial charge in [0.15, 0.2) is 11.6 Å². The Bertz CT molecular complexity index is 664. The van der Waals surface area contributed by atoms with E-state index in [0.29, 0.717) is 16.9 Å². The minimum atomic E-state index is -0.605. The molecule has 0 aliphatic heterocycles. The van der Waals surface area contributed by atoms with Crippen LogP contribution in [0.25, 0.3) is 0 Å². The summed E-state index contributed by atoms with van der Waals surface area (Å²) in [4.78, 5) is 0. The van der Waals surface area contributed by atoms with E-state index >= 15 is 0 Å². The smallest absolute Gasteiger partial charge is 0.165 e. The predicted molar refractivity (Wildman–Crippen MR) is 79.6 cm³/mol. The van der Waals surface area contributed by atoms with Gasteiger partial charge in [-0.15, -0.1) is 0 Å². The highest BCUT2D eigenvalue weighted by molar-refractivity contribution is 9.10. The second kappa shape index (κ2) is 6.41. The van der Waals surface area contributed by atoms with Crippen molar-refractivity contribution in [3.05, 3.63) is 57.6 Å². The summed E-state index contributed by atoms with van der Waals surface area (Å²) >= 11 is 3.12. The first kappa shape index (κ1) is 15.7. The second-order valence-corrected chi connectivity index (χ2v) is 5.23. The van der Waals surface area contributed by atoms with E-state index in [1.807, 2.05) is 0 Å². The van der Waals surface area contributed by atoms with Crippen molar-refractivity contribution in [3.63, 3.8) is 0 Å². The van der Waals surface area contributed by atoms with E-state index < -0.39 is 17.7 Å². The van der Waals surface area contributed by atoms with Gasteiger partial charge in [-0.25, -0.2) is 8.78 Å². The number of methoxy groups -OCH3 is 2. The van der Waals surface area contributed by atoms with Crippen LogP contribution in [0.3, 0.4) is 0 Å². The summed E-state index contributed by atoms with van der Waals surface area (Å²) in [6, 6.07) is 6.54. The van der Waals surface area contributed by atoms with Gasteiger partial charge in [0.05, 0.1) is 24.7 Å². The lowest BCUT2D eigenvalue weighted by Gasteiger charge is -2.17. The van der Waals surface area contributed by atoms with Crippen molar-refractivity contribution in [1.29, 1.82) is 0 Å². The number of hydrogen-bond donors (Lipinski definition) is 1. The quantitative estimate of drug-likeness (QED) is 0.905. The minimum Gasteiger partial charge on any atom is -0.496 e. The van der Waals surface area contributed by atoms with Crippen LogP contribution in [0.2, 0.25) is 0 Å². The Kier molecular flexibility index (Phi) is 4.80. The average molecular weight is 358 g/mol. The van der Waals surface area contributed by atoms with E-state index in [0.717, 1.165) is 0 Å². The first-order valence-corrected chi connectivity index (χ1v) is 6.89. The molecule has 2 aromatic carbocycles. The molecule has 21 heavy (non-hydrogen) atoms. The molecule has 0 heterocycles. The van der Waals surface area contributed by atoms with E-state index in [-0.39, 0.29) is 10.2 Å². The molecule has 112 valence electrons. The summed E-state index contributed by atoms with van der Waals surface area (Å²) in [5.41, 5.74) is 7.40. The zero-order valence-electron chi connectivity index (χ0n) is 11.5. The number of ether oxygens (including phenoxy) is 2. The molecule has 0 saturated carbocycles. The summed E-state index contributed by atoms with van der Waals surface area (Å²) in [6.07, 6.45) is 0. The van der Waals surface area contributed by atoms with Gasteiger partial charge in [0.1, 0.15) is 11.6 Å². The van der Waals surface area contributed by atoms with E-state index in [2.05, 4.69) is 15.9 Å². The number of benzene rings is 2. The molecule has 6 heteroatoms. The van der Waals surface area contributed by atoms with Crippen molar-refractivity contribution in [1.82, 2.24) is 0 Å². The molecule has 1 atom stereocenters. The van der Waals surface area contributed by atoms with Crippen molar-refractivity contribution in [2.45, 2.75) is 6.04 Å². The standard InChI is InChI=1S/C15H14BrF2NO2/c1-20-13-7-12(18)10(16)6-9(13)15(19)8-3-4-11(17)14(5-8)21-2/h3-7,15H,19H2,1-2H3. The Balaban J connectivity index is 2.49. The third-order valence-electron chi connectivity index (χ3n) is 3.14. The minimum absolute atomic E-state index is 0.100. The van der Waals surface area contributed by atoms with Crippen LogP contribution in [-0.4, -0.2) is 14.2 Å². The van der Waals surface area contributed by atoms with Gasteiger partial charge in [-0.2, -0.15) is 0 Å². The maximum absolute atomic E-state index is 13.5. The molecule has 0 fully saturated rings. The first-order valence-electron chi connectivity index (χ1n) is 6.10. The van der Waals surface area contributed by atoms with Gasteiger partial charge in [-0.05, 0) is 39.7 Å². The monoisotopic (exact) mass is 357 g/mol. The Morgan fingerprint density at radius 1 is 1.00 bits per heavy atom. The Hall–Kier alpha value is -1.66. The Morgan fingerprint density at radius 3 is 2.29 bits per heavy atom.